The van der Waals surface area contributed by atoms with E-state index in [9.17, 15) is 4.79 Å². The third-order valence-electron chi connectivity index (χ3n) is 3.07. The van der Waals surface area contributed by atoms with Gasteiger partial charge in [-0.05, 0) is 12.0 Å². The highest BCUT2D eigenvalue weighted by molar-refractivity contribution is 5.78. The number of hydrogen-bond donors (Lipinski definition) is 1. The lowest BCUT2D eigenvalue weighted by Crippen LogP contribution is -2.42. The zero-order valence-corrected chi connectivity index (χ0v) is 11.4. The monoisotopic (exact) mass is 261 g/mol. The molecule has 6 nitrogen and oxygen atoms in total. The summed E-state index contributed by atoms with van der Waals surface area (Å²) in [6.07, 6.45) is 0. The average molecular weight is 261 g/mol. The van der Waals surface area contributed by atoms with Crippen LogP contribution in [0.5, 0.6) is 0 Å². The number of aromatic nitrogens is 2. The standard InChI is InChI=1S/C13H19N5O/c1-10(2)7-15-13(19)9-17-3-4-18-12(8-17)5-11(6-14)16-18/h5,10H,3-4,7-9H2,1-2H3,(H,15,19). The second-order valence-corrected chi connectivity index (χ2v) is 5.26. The maximum absolute atomic E-state index is 11.8. The third-order valence-corrected chi connectivity index (χ3v) is 3.07. The van der Waals surface area contributed by atoms with Crippen LogP contribution in [0.15, 0.2) is 6.07 Å². The van der Waals surface area contributed by atoms with Gasteiger partial charge < -0.3 is 5.32 Å². The van der Waals surface area contributed by atoms with Crippen LogP contribution < -0.4 is 5.32 Å². The van der Waals surface area contributed by atoms with Gasteiger partial charge in [-0.2, -0.15) is 10.4 Å². The Morgan fingerprint density at radius 3 is 3.05 bits per heavy atom. The summed E-state index contributed by atoms with van der Waals surface area (Å²) in [5.74, 6) is 0.520. The zero-order valence-electron chi connectivity index (χ0n) is 11.4. The molecular formula is C13H19N5O. The van der Waals surface area contributed by atoms with Crippen LogP contribution in [0.3, 0.4) is 0 Å². The third kappa shape index (κ3) is 3.55. The van der Waals surface area contributed by atoms with Crippen LogP contribution in [-0.4, -0.2) is 40.2 Å². The highest BCUT2D eigenvalue weighted by atomic mass is 16.2. The van der Waals surface area contributed by atoms with Crippen molar-refractivity contribution in [2.75, 3.05) is 19.6 Å². The normalized spacial score (nSPS) is 15.1. The Hall–Kier alpha value is -1.87. The van der Waals surface area contributed by atoms with Crippen molar-refractivity contribution in [3.63, 3.8) is 0 Å². The number of nitrogens with one attached hydrogen (secondary N) is 1. The number of rotatable bonds is 4. The first-order valence-electron chi connectivity index (χ1n) is 6.54. The molecule has 19 heavy (non-hydrogen) atoms. The molecule has 0 bridgehead atoms. The van der Waals surface area contributed by atoms with Crippen molar-refractivity contribution in [2.24, 2.45) is 5.92 Å². The number of hydrogen-bond acceptors (Lipinski definition) is 4. The molecule has 0 atom stereocenters. The van der Waals surface area contributed by atoms with Gasteiger partial charge in [0.25, 0.3) is 0 Å². The number of fused-ring (bicyclic) bond motifs is 1. The Balaban J connectivity index is 1.88. The Labute approximate surface area is 113 Å². The summed E-state index contributed by atoms with van der Waals surface area (Å²) in [5, 5.41) is 15.9. The minimum Gasteiger partial charge on any atom is -0.355 e. The summed E-state index contributed by atoms with van der Waals surface area (Å²) < 4.78 is 1.85. The SMILES string of the molecule is CC(C)CNC(=O)CN1CCn2nc(C#N)cc2C1. The molecule has 1 N–H and O–H groups in total. The Morgan fingerprint density at radius 1 is 1.58 bits per heavy atom. The van der Waals surface area contributed by atoms with E-state index < -0.39 is 0 Å². The van der Waals surface area contributed by atoms with E-state index in [1.165, 1.54) is 0 Å². The minimum absolute atomic E-state index is 0.0576. The topological polar surface area (TPSA) is 74.0 Å². The molecule has 0 saturated heterocycles. The highest BCUT2D eigenvalue weighted by Crippen LogP contribution is 2.12. The fourth-order valence-corrected chi connectivity index (χ4v) is 2.09. The molecule has 102 valence electrons. The second-order valence-electron chi connectivity index (χ2n) is 5.26. The van der Waals surface area contributed by atoms with Crippen molar-refractivity contribution < 1.29 is 4.79 Å². The van der Waals surface area contributed by atoms with Gasteiger partial charge >= 0.3 is 0 Å². The van der Waals surface area contributed by atoms with Gasteiger partial charge in [0.05, 0.1) is 18.8 Å². The fraction of sp³-hybridized carbons (Fsp3) is 0.615. The van der Waals surface area contributed by atoms with Gasteiger partial charge in [-0.25, -0.2) is 0 Å². The molecule has 2 heterocycles. The van der Waals surface area contributed by atoms with Crippen LogP contribution in [0.25, 0.3) is 0 Å². The van der Waals surface area contributed by atoms with Crippen LogP contribution >= 0.6 is 0 Å². The molecule has 1 aromatic rings. The number of amides is 1. The molecule has 1 aliphatic heterocycles. The number of nitriles is 1. The number of carbonyl (C=O) groups is 1. The van der Waals surface area contributed by atoms with Crippen molar-refractivity contribution in [3.05, 3.63) is 17.5 Å². The summed E-state index contributed by atoms with van der Waals surface area (Å²) in [5.41, 5.74) is 1.44. The van der Waals surface area contributed by atoms with Crippen LogP contribution in [0.4, 0.5) is 0 Å². The highest BCUT2D eigenvalue weighted by Gasteiger charge is 2.20. The van der Waals surface area contributed by atoms with Gasteiger partial charge in [0.2, 0.25) is 5.91 Å². The van der Waals surface area contributed by atoms with Crippen molar-refractivity contribution >= 4 is 5.91 Å². The predicted molar refractivity (Wildman–Crippen MR) is 70.1 cm³/mol. The lowest BCUT2D eigenvalue weighted by molar-refractivity contribution is -0.122. The van der Waals surface area contributed by atoms with E-state index in [0.717, 1.165) is 18.8 Å². The first-order valence-corrected chi connectivity index (χ1v) is 6.54. The predicted octanol–water partition coefficient (Wildman–Crippen LogP) is 0.343. The van der Waals surface area contributed by atoms with Crippen LogP contribution in [0, 0.1) is 17.2 Å². The zero-order chi connectivity index (χ0) is 13.8. The fourth-order valence-electron chi connectivity index (χ4n) is 2.09. The summed E-state index contributed by atoms with van der Waals surface area (Å²) >= 11 is 0. The summed E-state index contributed by atoms with van der Waals surface area (Å²) in [6, 6.07) is 3.83. The second kappa shape index (κ2) is 5.85. The summed E-state index contributed by atoms with van der Waals surface area (Å²) in [7, 11) is 0. The molecule has 1 aliphatic rings. The van der Waals surface area contributed by atoms with E-state index in [0.29, 0.717) is 31.2 Å². The number of carbonyl (C=O) groups excluding carboxylic acids is 1. The smallest absolute Gasteiger partial charge is 0.234 e. The van der Waals surface area contributed by atoms with Crippen molar-refractivity contribution in [1.29, 1.82) is 5.26 Å². The molecule has 0 spiro atoms. The van der Waals surface area contributed by atoms with E-state index in [-0.39, 0.29) is 5.91 Å². The molecule has 0 saturated carbocycles. The molecule has 0 fully saturated rings. The van der Waals surface area contributed by atoms with Gasteiger partial charge in [0, 0.05) is 19.6 Å². The lowest BCUT2D eigenvalue weighted by Gasteiger charge is -2.26. The van der Waals surface area contributed by atoms with Gasteiger partial charge in [0.1, 0.15) is 6.07 Å². The van der Waals surface area contributed by atoms with E-state index in [1.54, 1.807) is 6.07 Å². The maximum atomic E-state index is 11.8. The molecule has 6 heteroatoms. The molecule has 0 aliphatic carbocycles. The van der Waals surface area contributed by atoms with Crippen LogP contribution in [0.2, 0.25) is 0 Å². The maximum Gasteiger partial charge on any atom is 0.234 e. The van der Waals surface area contributed by atoms with Crippen molar-refractivity contribution in [3.8, 4) is 6.07 Å². The molecule has 1 aromatic heterocycles. The number of nitrogens with zero attached hydrogens (tertiary/aromatic N) is 4. The molecular weight excluding hydrogens is 242 g/mol. The largest absolute Gasteiger partial charge is 0.355 e. The molecule has 2 rings (SSSR count). The summed E-state index contributed by atoms with van der Waals surface area (Å²) in [4.78, 5) is 13.8. The van der Waals surface area contributed by atoms with Crippen molar-refractivity contribution in [2.45, 2.75) is 26.9 Å². The first kappa shape index (κ1) is 13.6. The van der Waals surface area contributed by atoms with Gasteiger partial charge in [-0.15, -0.1) is 0 Å². The molecule has 1 amide bonds. The quantitative estimate of drug-likeness (QED) is 0.848. The van der Waals surface area contributed by atoms with E-state index in [2.05, 4.69) is 29.2 Å². The van der Waals surface area contributed by atoms with Crippen LogP contribution in [-0.2, 0) is 17.9 Å². The van der Waals surface area contributed by atoms with E-state index in [1.807, 2.05) is 10.8 Å². The molecule has 0 unspecified atom stereocenters. The van der Waals surface area contributed by atoms with Crippen molar-refractivity contribution in [1.82, 2.24) is 20.0 Å². The van der Waals surface area contributed by atoms with E-state index in [4.69, 9.17) is 5.26 Å². The minimum atomic E-state index is 0.0576. The Kier molecular flexibility index (Phi) is 4.17. The Bertz CT molecular complexity index is 500. The van der Waals surface area contributed by atoms with Gasteiger partial charge in [0.15, 0.2) is 5.69 Å². The lowest BCUT2D eigenvalue weighted by atomic mass is 10.2. The average Bonchev–Trinajstić information content (AvgIpc) is 2.78. The Morgan fingerprint density at radius 2 is 2.37 bits per heavy atom. The van der Waals surface area contributed by atoms with E-state index >= 15 is 0 Å². The van der Waals surface area contributed by atoms with Gasteiger partial charge in [-0.3, -0.25) is 14.4 Å². The summed E-state index contributed by atoms with van der Waals surface area (Å²) in [6.45, 7) is 7.45. The molecule has 0 aromatic carbocycles. The first-order chi connectivity index (χ1) is 9.08. The molecule has 0 radical (unpaired) electrons. The van der Waals surface area contributed by atoms with Crippen LogP contribution in [0.1, 0.15) is 25.2 Å². The van der Waals surface area contributed by atoms with Gasteiger partial charge in [-0.1, -0.05) is 13.8 Å².